The Bertz CT molecular complexity index is 842. The highest BCUT2D eigenvalue weighted by Gasteiger charge is 2.16. The van der Waals surface area contributed by atoms with Gasteiger partial charge in [-0.1, -0.05) is 13.8 Å². The highest BCUT2D eigenvalue weighted by atomic mass is 16.2. The van der Waals surface area contributed by atoms with Crippen LogP contribution in [0, 0.1) is 5.92 Å². The molecule has 3 rings (SSSR count). The van der Waals surface area contributed by atoms with Crippen molar-refractivity contribution in [2.45, 2.75) is 46.1 Å². The molecule has 1 aliphatic heterocycles. The molecule has 6 heteroatoms. The number of nitrogens with zero attached hydrogens (tertiary/aromatic N) is 2. The molecular formula is C23H30N4O2. The molecule has 1 aliphatic rings. The van der Waals surface area contributed by atoms with Crippen molar-refractivity contribution in [3.05, 3.63) is 53.9 Å². The molecule has 1 atom stereocenters. The predicted molar refractivity (Wildman–Crippen MR) is 116 cm³/mol. The number of aromatic nitrogens is 1. The monoisotopic (exact) mass is 394 g/mol. The number of hydrogen-bond acceptors (Lipinski definition) is 4. The lowest BCUT2D eigenvalue weighted by molar-refractivity contribution is 0.0934. The molecule has 1 fully saturated rings. The Balaban J connectivity index is 1.63. The highest BCUT2D eigenvalue weighted by molar-refractivity contribution is 6.05. The van der Waals surface area contributed by atoms with Gasteiger partial charge in [0.15, 0.2) is 0 Å². The van der Waals surface area contributed by atoms with E-state index in [4.69, 9.17) is 0 Å². The van der Waals surface area contributed by atoms with Crippen molar-refractivity contribution < 1.29 is 9.59 Å². The van der Waals surface area contributed by atoms with Gasteiger partial charge in [-0.2, -0.15) is 0 Å². The fraction of sp³-hybridized carbons (Fsp3) is 0.435. The molecule has 2 heterocycles. The Morgan fingerprint density at radius 1 is 1.14 bits per heavy atom. The van der Waals surface area contributed by atoms with Crippen molar-refractivity contribution in [3.63, 3.8) is 0 Å². The van der Waals surface area contributed by atoms with E-state index in [0.29, 0.717) is 5.56 Å². The summed E-state index contributed by atoms with van der Waals surface area (Å²) in [5.41, 5.74) is 2.56. The fourth-order valence-electron chi connectivity index (χ4n) is 3.32. The Hall–Kier alpha value is -2.89. The lowest BCUT2D eigenvalue weighted by atomic mass is 9.99. The molecule has 2 aromatic rings. The Morgan fingerprint density at radius 2 is 1.83 bits per heavy atom. The van der Waals surface area contributed by atoms with Crippen molar-refractivity contribution in [2.75, 3.05) is 23.3 Å². The van der Waals surface area contributed by atoms with Crippen LogP contribution in [0.25, 0.3) is 0 Å². The summed E-state index contributed by atoms with van der Waals surface area (Å²) in [4.78, 5) is 31.3. The Labute approximate surface area is 172 Å². The normalized spacial score (nSPS) is 15.6. The molecule has 1 saturated heterocycles. The first kappa shape index (κ1) is 20.8. The van der Waals surface area contributed by atoms with Gasteiger partial charge < -0.3 is 15.5 Å². The van der Waals surface area contributed by atoms with Crippen LogP contribution in [0.3, 0.4) is 0 Å². The number of hydrogen-bond donors (Lipinski definition) is 2. The van der Waals surface area contributed by atoms with E-state index in [1.54, 1.807) is 6.07 Å². The SMILES string of the molecule is CCC(C)NC(=O)c1cc(C(=O)Nc2ccc(N3CCC(C)CC3)cc2)ccn1. The zero-order valence-electron chi connectivity index (χ0n) is 17.4. The van der Waals surface area contributed by atoms with Gasteiger partial charge in [0.05, 0.1) is 0 Å². The number of carbonyl (C=O) groups excluding carboxylic acids is 2. The summed E-state index contributed by atoms with van der Waals surface area (Å²) in [5.74, 6) is 0.265. The summed E-state index contributed by atoms with van der Waals surface area (Å²) >= 11 is 0. The van der Waals surface area contributed by atoms with Crippen molar-refractivity contribution in [1.82, 2.24) is 10.3 Å². The molecule has 2 N–H and O–H groups in total. The van der Waals surface area contributed by atoms with Crippen LogP contribution in [0.4, 0.5) is 11.4 Å². The van der Waals surface area contributed by atoms with Crippen molar-refractivity contribution in [3.8, 4) is 0 Å². The number of pyridine rings is 1. The molecule has 1 aromatic carbocycles. The van der Waals surface area contributed by atoms with Crippen molar-refractivity contribution >= 4 is 23.2 Å². The van der Waals surface area contributed by atoms with E-state index in [9.17, 15) is 9.59 Å². The standard InChI is InChI=1S/C23H30N4O2/c1-4-17(3)25-23(29)21-15-18(9-12-24-21)22(28)26-19-5-7-20(8-6-19)27-13-10-16(2)11-14-27/h5-9,12,15-17H,4,10-11,13-14H2,1-3H3,(H,25,29)(H,26,28). The number of benzene rings is 1. The number of anilines is 2. The minimum absolute atomic E-state index is 0.0587. The first-order valence-corrected chi connectivity index (χ1v) is 10.4. The summed E-state index contributed by atoms with van der Waals surface area (Å²) < 4.78 is 0. The largest absolute Gasteiger partial charge is 0.372 e. The third-order valence-corrected chi connectivity index (χ3v) is 5.52. The number of carbonyl (C=O) groups is 2. The molecule has 1 unspecified atom stereocenters. The molecule has 29 heavy (non-hydrogen) atoms. The summed E-state index contributed by atoms with van der Waals surface area (Å²) in [6.07, 6.45) is 4.75. The van der Waals surface area contributed by atoms with Crippen LogP contribution in [0.15, 0.2) is 42.6 Å². The molecule has 0 bridgehead atoms. The zero-order valence-corrected chi connectivity index (χ0v) is 17.4. The maximum Gasteiger partial charge on any atom is 0.270 e. The summed E-state index contributed by atoms with van der Waals surface area (Å²) in [6.45, 7) is 8.38. The first-order valence-electron chi connectivity index (χ1n) is 10.4. The third-order valence-electron chi connectivity index (χ3n) is 5.52. The molecule has 0 saturated carbocycles. The molecule has 6 nitrogen and oxygen atoms in total. The molecule has 154 valence electrons. The summed E-state index contributed by atoms with van der Waals surface area (Å²) in [5, 5.41) is 5.76. The lowest BCUT2D eigenvalue weighted by Gasteiger charge is -2.32. The van der Waals surface area contributed by atoms with Crippen LogP contribution < -0.4 is 15.5 Å². The Kier molecular flexibility index (Phi) is 6.86. The molecule has 0 aliphatic carbocycles. The van der Waals surface area contributed by atoms with E-state index in [2.05, 4.69) is 27.4 Å². The average molecular weight is 395 g/mol. The summed E-state index contributed by atoms with van der Waals surface area (Å²) in [7, 11) is 0. The quantitative estimate of drug-likeness (QED) is 0.774. The molecule has 0 radical (unpaired) electrons. The lowest BCUT2D eigenvalue weighted by Crippen LogP contribution is -2.32. The van der Waals surface area contributed by atoms with Gasteiger partial charge in [-0.15, -0.1) is 0 Å². The fourth-order valence-corrected chi connectivity index (χ4v) is 3.32. The molecular weight excluding hydrogens is 364 g/mol. The highest BCUT2D eigenvalue weighted by Crippen LogP contribution is 2.24. The topological polar surface area (TPSA) is 74.3 Å². The average Bonchev–Trinajstić information content (AvgIpc) is 2.75. The van der Waals surface area contributed by atoms with Crippen LogP contribution >= 0.6 is 0 Å². The van der Waals surface area contributed by atoms with E-state index in [1.807, 2.05) is 38.1 Å². The minimum Gasteiger partial charge on any atom is -0.372 e. The first-order chi connectivity index (χ1) is 14.0. The van der Waals surface area contributed by atoms with Crippen LogP contribution in [0.1, 0.15) is 60.9 Å². The van der Waals surface area contributed by atoms with E-state index < -0.39 is 0 Å². The van der Waals surface area contributed by atoms with Crippen LogP contribution in [-0.2, 0) is 0 Å². The molecule has 0 spiro atoms. The molecule has 2 amide bonds. The second-order valence-corrected chi connectivity index (χ2v) is 7.88. The zero-order chi connectivity index (χ0) is 20.8. The number of amides is 2. The van der Waals surface area contributed by atoms with E-state index >= 15 is 0 Å². The second-order valence-electron chi connectivity index (χ2n) is 7.88. The van der Waals surface area contributed by atoms with Crippen LogP contribution in [-0.4, -0.2) is 35.9 Å². The van der Waals surface area contributed by atoms with Crippen molar-refractivity contribution in [2.24, 2.45) is 5.92 Å². The van der Waals surface area contributed by atoms with Gasteiger partial charge in [-0.05, 0) is 68.5 Å². The van der Waals surface area contributed by atoms with Gasteiger partial charge in [0, 0.05) is 42.3 Å². The van der Waals surface area contributed by atoms with Crippen LogP contribution in [0.2, 0.25) is 0 Å². The van der Waals surface area contributed by atoms with Gasteiger partial charge >= 0.3 is 0 Å². The number of nitrogens with one attached hydrogen (secondary N) is 2. The maximum absolute atomic E-state index is 12.6. The van der Waals surface area contributed by atoms with Gasteiger partial charge in [0.1, 0.15) is 5.69 Å². The third kappa shape index (κ3) is 5.56. The molecule has 1 aromatic heterocycles. The summed E-state index contributed by atoms with van der Waals surface area (Å²) in [6, 6.07) is 11.1. The predicted octanol–water partition coefficient (Wildman–Crippen LogP) is 4.10. The van der Waals surface area contributed by atoms with Gasteiger partial charge in [-0.3, -0.25) is 14.6 Å². The second kappa shape index (κ2) is 9.54. The number of rotatable bonds is 6. The van der Waals surface area contributed by atoms with Crippen LogP contribution in [0.5, 0.6) is 0 Å². The smallest absolute Gasteiger partial charge is 0.270 e. The van der Waals surface area contributed by atoms with E-state index in [-0.39, 0.29) is 23.6 Å². The van der Waals surface area contributed by atoms with E-state index in [0.717, 1.165) is 31.1 Å². The van der Waals surface area contributed by atoms with E-state index in [1.165, 1.54) is 30.8 Å². The maximum atomic E-state index is 12.6. The van der Waals surface area contributed by atoms with Gasteiger partial charge in [0.2, 0.25) is 0 Å². The van der Waals surface area contributed by atoms with Gasteiger partial charge in [0.25, 0.3) is 11.8 Å². The Morgan fingerprint density at radius 3 is 2.48 bits per heavy atom. The van der Waals surface area contributed by atoms with Crippen molar-refractivity contribution in [1.29, 1.82) is 0 Å². The van der Waals surface area contributed by atoms with Gasteiger partial charge in [-0.25, -0.2) is 0 Å². The minimum atomic E-state index is -0.269. The number of piperidine rings is 1.